The Morgan fingerprint density at radius 3 is 2.54 bits per heavy atom. The van der Waals surface area contributed by atoms with Crippen LogP contribution in [0.15, 0.2) is 48.5 Å². The van der Waals surface area contributed by atoms with Crippen molar-refractivity contribution in [2.24, 2.45) is 5.92 Å². The zero-order chi connectivity index (χ0) is 16.8. The molecule has 0 unspecified atom stereocenters. The minimum Gasteiger partial charge on any atom is -0.496 e. The Balaban J connectivity index is 1.56. The van der Waals surface area contributed by atoms with Gasteiger partial charge in [0.25, 0.3) is 0 Å². The molecule has 3 nitrogen and oxygen atoms in total. The minimum absolute atomic E-state index is 0.713. The van der Waals surface area contributed by atoms with E-state index in [0.717, 1.165) is 43.2 Å². The number of carbonyl (C=O) groups excluding carboxylic acids is 1. The van der Waals surface area contributed by atoms with Crippen LogP contribution in [0.4, 0.5) is 0 Å². The number of aldehydes is 1. The number of benzene rings is 2. The van der Waals surface area contributed by atoms with Crippen molar-refractivity contribution in [2.45, 2.75) is 25.8 Å². The molecular formula is C21H25NO2. The first-order valence-corrected chi connectivity index (χ1v) is 8.67. The Morgan fingerprint density at radius 2 is 1.88 bits per heavy atom. The lowest BCUT2D eigenvalue weighted by Crippen LogP contribution is -2.34. The topological polar surface area (TPSA) is 29.5 Å². The molecule has 1 aliphatic rings. The highest BCUT2D eigenvalue weighted by molar-refractivity contribution is 5.75. The van der Waals surface area contributed by atoms with E-state index in [4.69, 9.17) is 4.74 Å². The fourth-order valence-corrected chi connectivity index (χ4v) is 3.53. The van der Waals surface area contributed by atoms with Crippen LogP contribution in [0.5, 0.6) is 5.75 Å². The SMILES string of the molecule is COc1ccc(C=O)cc1CN1CCC(Cc2ccccc2)CC1. The lowest BCUT2D eigenvalue weighted by molar-refractivity contribution is 0.112. The number of nitrogens with zero attached hydrogens (tertiary/aromatic N) is 1. The molecule has 0 aliphatic carbocycles. The van der Waals surface area contributed by atoms with E-state index in [1.807, 2.05) is 12.1 Å². The Labute approximate surface area is 144 Å². The normalized spacial score (nSPS) is 16.0. The van der Waals surface area contributed by atoms with Gasteiger partial charge in [0.2, 0.25) is 0 Å². The Hall–Kier alpha value is -2.13. The first-order chi connectivity index (χ1) is 11.8. The highest BCUT2D eigenvalue weighted by Gasteiger charge is 2.20. The highest BCUT2D eigenvalue weighted by Crippen LogP contribution is 2.26. The van der Waals surface area contributed by atoms with Gasteiger partial charge in [-0.1, -0.05) is 30.3 Å². The maximum atomic E-state index is 11.0. The summed E-state index contributed by atoms with van der Waals surface area (Å²) in [5.74, 6) is 1.64. The van der Waals surface area contributed by atoms with Gasteiger partial charge in [0.15, 0.2) is 0 Å². The van der Waals surface area contributed by atoms with Gasteiger partial charge in [-0.3, -0.25) is 9.69 Å². The van der Waals surface area contributed by atoms with Crippen LogP contribution in [-0.2, 0) is 13.0 Å². The molecule has 0 amide bonds. The molecule has 0 aromatic heterocycles. The molecule has 3 heteroatoms. The summed E-state index contributed by atoms with van der Waals surface area (Å²) in [6.07, 6.45) is 4.53. The Bertz CT molecular complexity index is 661. The molecule has 1 aliphatic heterocycles. The molecule has 0 radical (unpaired) electrons. The molecule has 0 N–H and O–H groups in total. The molecule has 0 spiro atoms. The molecule has 2 aromatic carbocycles. The summed E-state index contributed by atoms with van der Waals surface area (Å²) in [4.78, 5) is 13.5. The number of methoxy groups -OCH3 is 1. The molecule has 24 heavy (non-hydrogen) atoms. The Morgan fingerprint density at radius 1 is 1.12 bits per heavy atom. The van der Waals surface area contributed by atoms with Crippen molar-refractivity contribution in [3.63, 3.8) is 0 Å². The maximum Gasteiger partial charge on any atom is 0.150 e. The van der Waals surface area contributed by atoms with E-state index in [-0.39, 0.29) is 0 Å². The number of ether oxygens (including phenoxy) is 1. The van der Waals surface area contributed by atoms with E-state index < -0.39 is 0 Å². The van der Waals surface area contributed by atoms with Crippen molar-refractivity contribution in [3.8, 4) is 5.75 Å². The smallest absolute Gasteiger partial charge is 0.150 e. The van der Waals surface area contributed by atoms with E-state index in [9.17, 15) is 4.79 Å². The summed E-state index contributed by atoms with van der Waals surface area (Å²) in [5.41, 5.74) is 3.25. The third kappa shape index (κ3) is 4.24. The van der Waals surface area contributed by atoms with Crippen LogP contribution >= 0.6 is 0 Å². The van der Waals surface area contributed by atoms with Crippen LogP contribution in [0, 0.1) is 5.92 Å². The summed E-state index contributed by atoms with van der Waals surface area (Å²) in [5, 5.41) is 0. The summed E-state index contributed by atoms with van der Waals surface area (Å²) in [6.45, 7) is 3.06. The van der Waals surface area contributed by atoms with Crippen molar-refractivity contribution in [2.75, 3.05) is 20.2 Å². The average molecular weight is 323 g/mol. The quantitative estimate of drug-likeness (QED) is 0.754. The third-order valence-electron chi connectivity index (χ3n) is 4.91. The molecule has 0 bridgehead atoms. The van der Waals surface area contributed by atoms with E-state index >= 15 is 0 Å². The molecular weight excluding hydrogens is 298 g/mol. The summed E-state index contributed by atoms with van der Waals surface area (Å²) in [6, 6.07) is 16.4. The molecule has 0 saturated carbocycles. The fraction of sp³-hybridized carbons (Fsp3) is 0.381. The van der Waals surface area contributed by atoms with Gasteiger partial charge in [-0.25, -0.2) is 0 Å². The first kappa shape index (κ1) is 16.7. The summed E-state index contributed by atoms with van der Waals surface area (Å²) < 4.78 is 5.44. The van der Waals surface area contributed by atoms with Crippen LogP contribution in [0.2, 0.25) is 0 Å². The standard InChI is InChI=1S/C21H25NO2/c1-24-21-8-7-19(16-23)14-20(21)15-22-11-9-18(10-12-22)13-17-5-3-2-4-6-17/h2-8,14,16,18H,9-13,15H2,1H3. The number of carbonyl (C=O) groups is 1. The van der Waals surface area contributed by atoms with Gasteiger partial charge in [-0.05, 0) is 62.0 Å². The number of hydrogen-bond donors (Lipinski definition) is 0. The van der Waals surface area contributed by atoms with E-state index in [1.54, 1.807) is 13.2 Å². The third-order valence-corrected chi connectivity index (χ3v) is 4.91. The van der Waals surface area contributed by atoms with Gasteiger partial charge in [-0.15, -0.1) is 0 Å². The molecule has 2 aromatic rings. The lowest BCUT2D eigenvalue weighted by Gasteiger charge is -2.32. The molecule has 3 rings (SSSR count). The number of likely N-dealkylation sites (tertiary alicyclic amines) is 1. The molecule has 126 valence electrons. The predicted molar refractivity (Wildman–Crippen MR) is 96.5 cm³/mol. The number of hydrogen-bond acceptors (Lipinski definition) is 3. The van der Waals surface area contributed by atoms with Crippen molar-refractivity contribution in [1.82, 2.24) is 4.90 Å². The predicted octanol–water partition coefficient (Wildman–Crippen LogP) is 3.96. The van der Waals surface area contributed by atoms with Crippen molar-refractivity contribution in [3.05, 3.63) is 65.2 Å². The van der Waals surface area contributed by atoms with Crippen molar-refractivity contribution in [1.29, 1.82) is 0 Å². The van der Waals surface area contributed by atoms with Gasteiger partial charge in [0.1, 0.15) is 12.0 Å². The summed E-state index contributed by atoms with van der Waals surface area (Å²) >= 11 is 0. The van der Waals surface area contributed by atoms with E-state index in [1.165, 1.54) is 24.8 Å². The second-order valence-corrected chi connectivity index (χ2v) is 6.60. The second-order valence-electron chi connectivity index (χ2n) is 6.60. The zero-order valence-corrected chi connectivity index (χ0v) is 14.3. The first-order valence-electron chi connectivity index (χ1n) is 8.67. The number of rotatable bonds is 6. The monoisotopic (exact) mass is 323 g/mol. The summed E-state index contributed by atoms with van der Waals surface area (Å²) in [7, 11) is 1.69. The second kappa shape index (κ2) is 8.11. The van der Waals surface area contributed by atoms with Gasteiger partial charge in [-0.2, -0.15) is 0 Å². The molecule has 0 atom stereocenters. The van der Waals surface area contributed by atoms with Crippen LogP contribution < -0.4 is 4.74 Å². The van der Waals surface area contributed by atoms with Gasteiger partial charge < -0.3 is 4.74 Å². The Kier molecular flexibility index (Phi) is 5.65. The average Bonchev–Trinajstić information content (AvgIpc) is 2.64. The minimum atomic E-state index is 0.713. The molecule has 1 heterocycles. The van der Waals surface area contributed by atoms with Gasteiger partial charge >= 0.3 is 0 Å². The van der Waals surface area contributed by atoms with E-state index in [2.05, 4.69) is 35.2 Å². The fourth-order valence-electron chi connectivity index (χ4n) is 3.53. The van der Waals surface area contributed by atoms with E-state index in [0.29, 0.717) is 5.56 Å². The largest absolute Gasteiger partial charge is 0.496 e. The molecule has 1 saturated heterocycles. The van der Waals surface area contributed by atoms with Crippen LogP contribution in [0.3, 0.4) is 0 Å². The lowest BCUT2D eigenvalue weighted by atomic mass is 9.90. The zero-order valence-electron chi connectivity index (χ0n) is 14.3. The van der Waals surface area contributed by atoms with Crippen molar-refractivity contribution >= 4 is 6.29 Å². The number of piperidine rings is 1. The van der Waals surface area contributed by atoms with Crippen LogP contribution in [0.1, 0.15) is 34.3 Å². The van der Waals surface area contributed by atoms with Gasteiger partial charge in [0.05, 0.1) is 7.11 Å². The van der Waals surface area contributed by atoms with Crippen LogP contribution in [0.25, 0.3) is 0 Å². The van der Waals surface area contributed by atoms with Gasteiger partial charge in [0, 0.05) is 17.7 Å². The van der Waals surface area contributed by atoms with Crippen LogP contribution in [-0.4, -0.2) is 31.4 Å². The van der Waals surface area contributed by atoms with Crippen molar-refractivity contribution < 1.29 is 9.53 Å². The highest BCUT2D eigenvalue weighted by atomic mass is 16.5. The maximum absolute atomic E-state index is 11.0. The molecule has 1 fully saturated rings.